The molecule has 0 aliphatic carbocycles. The summed E-state index contributed by atoms with van der Waals surface area (Å²) in [5.74, 6) is 0. The maximum atomic E-state index is 10.7. The first-order valence-corrected chi connectivity index (χ1v) is 7.60. The van der Waals surface area contributed by atoms with Gasteiger partial charge in [0, 0.05) is 12.1 Å². The molecule has 108 valence electrons. The van der Waals surface area contributed by atoms with Crippen molar-refractivity contribution in [3.8, 4) is 0 Å². The lowest BCUT2D eigenvalue weighted by molar-refractivity contribution is 0.204. The fourth-order valence-electron chi connectivity index (χ4n) is 2.23. The van der Waals surface area contributed by atoms with E-state index in [4.69, 9.17) is 0 Å². The molecule has 0 amide bonds. The molecule has 1 N–H and O–H groups in total. The van der Waals surface area contributed by atoms with Gasteiger partial charge in [0.2, 0.25) is 0 Å². The molecule has 0 saturated carbocycles. The summed E-state index contributed by atoms with van der Waals surface area (Å²) in [4.78, 5) is 0. The summed E-state index contributed by atoms with van der Waals surface area (Å²) in [6, 6.07) is 1.90. The highest BCUT2D eigenvalue weighted by atomic mass is 79.9. The lowest BCUT2D eigenvalue weighted by Crippen LogP contribution is -2.13. The van der Waals surface area contributed by atoms with Gasteiger partial charge in [-0.1, -0.05) is 13.8 Å². The number of aryl methyl sites for hydroxylation is 3. The number of aliphatic hydroxyl groups is 1. The Labute approximate surface area is 127 Å². The van der Waals surface area contributed by atoms with Crippen LogP contribution in [0.4, 0.5) is 0 Å². The molecule has 6 heteroatoms. The molecule has 2 heterocycles. The zero-order valence-corrected chi connectivity index (χ0v) is 13.6. The predicted molar refractivity (Wildman–Crippen MR) is 80.4 cm³/mol. The highest BCUT2D eigenvalue weighted by molar-refractivity contribution is 9.10. The van der Waals surface area contributed by atoms with E-state index in [0.717, 1.165) is 46.5 Å². The lowest BCUT2D eigenvalue weighted by Gasteiger charge is -2.16. The van der Waals surface area contributed by atoms with Gasteiger partial charge in [0.15, 0.2) is 0 Å². The smallest absolute Gasteiger partial charge is 0.124 e. The van der Waals surface area contributed by atoms with E-state index in [9.17, 15) is 5.11 Å². The van der Waals surface area contributed by atoms with Gasteiger partial charge in [0.1, 0.15) is 6.10 Å². The van der Waals surface area contributed by atoms with E-state index in [1.807, 2.05) is 24.6 Å². The highest BCUT2D eigenvalue weighted by Gasteiger charge is 2.22. The minimum Gasteiger partial charge on any atom is -0.382 e. The van der Waals surface area contributed by atoms with Gasteiger partial charge in [-0.05, 0) is 41.8 Å². The van der Waals surface area contributed by atoms with Crippen molar-refractivity contribution >= 4 is 15.9 Å². The molecule has 20 heavy (non-hydrogen) atoms. The molecule has 5 nitrogen and oxygen atoms in total. The van der Waals surface area contributed by atoms with Gasteiger partial charge < -0.3 is 5.11 Å². The van der Waals surface area contributed by atoms with Gasteiger partial charge in [-0.15, -0.1) is 0 Å². The van der Waals surface area contributed by atoms with E-state index in [-0.39, 0.29) is 0 Å². The number of rotatable bonds is 5. The van der Waals surface area contributed by atoms with Crippen molar-refractivity contribution in [3.63, 3.8) is 0 Å². The van der Waals surface area contributed by atoms with Gasteiger partial charge >= 0.3 is 0 Å². The highest BCUT2D eigenvalue weighted by Crippen LogP contribution is 2.30. The Bertz CT molecular complexity index is 597. The Morgan fingerprint density at radius 1 is 1.35 bits per heavy atom. The van der Waals surface area contributed by atoms with E-state index in [0.29, 0.717) is 0 Å². The van der Waals surface area contributed by atoms with Crippen LogP contribution in [0.2, 0.25) is 0 Å². The van der Waals surface area contributed by atoms with Gasteiger partial charge in [-0.3, -0.25) is 4.68 Å². The Balaban J connectivity index is 2.48. The first-order valence-electron chi connectivity index (χ1n) is 6.80. The van der Waals surface area contributed by atoms with Crippen LogP contribution in [0.25, 0.3) is 0 Å². The third-order valence-electron chi connectivity index (χ3n) is 3.18. The maximum Gasteiger partial charge on any atom is 0.124 e. The Morgan fingerprint density at radius 2 is 2.10 bits per heavy atom. The molecule has 0 bridgehead atoms. The Kier molecular flexibility index (Phi) is 4.88. The molecule has 2 aromatic heterocycles. The average Bonchev–Trinajstić information content (AvgIpc) is 2.79. The molecule has 0 saturated heterocycles. The van der Waals surface area contributed by atoms with Gasteiger partial charge in [0.05, 0.1) is 27.8 Å². The Hall–Kier alpha value is -1.27. The first-order chi connectivity index (χ1) is 9.58. The number of hydrogen-bond donors (Lipinski definition) is 1. The van der Waals surface area contributed by atoms with Crippen molar-refractivity contribution in [3.05, 3.63) is 39.4 Å². The normalized spacial score (nSPS) is 12.7. The minimum atomic E-state index is -0.748. The number of aliphatic hydroxyl groups excluding tert-OH is 1. The zero-order valence-electron chi connectivity index (χ0n) is 12.0. The quantitative estimate of drug-likeness (QED) is 0.910. The second kappa shape index (κ2) is 6.45. The van der Waals surface area contributed by atoms with Gasteiger partial charge in [-0.2, -0.15) is 15.3 Å². The number of nitrogens with zero attached hydrogens (tertiary/aromatic N) is 4. The average molecular weight is 339 g/mol. The minimum absolute atomic E-state index is 0.735. The van der Waals surface area contributed by atoms with Gasteiger partial charge in [-0.25, -0.2) is 0 Å². The van der Waals surface area contributed by atoms with Crippen LogP contribution < -0.4 is 0 Å². The second-order valence-corrected chi connectivity index (χ2v) is 5.60. The van der Waals surface area contributed by atoms with Crippen LogP contribution in [-0.4, -0.2) is 25.1 Å². The molecule has 0 radical (unpaired) electrons. The Morgan fingerprint density at radius 3 is 2.75 bits per heavy atom. The van der Waals surface area contributed by atoms with Crippen molar-refractivity contribution in [2.24, 2.45) is 0 Å². The first kappa shape index (κ1) is 15.1. The fraction of sp³-hybridized carbons (Fsp3) is 0.500. The number of halogens is 1. The summed E-state index contributed by atoms with van der Waals surface area (Å²) in [6.07, 6.45) is 2.67. The molecule has 0 spiro atoms. The molecule has 2 rings (SSSR count). The van der Waals surface area contributed by atoms with Crippen LogP contribution in [0.3, 0.4) is 0 Å². The summed E-state index contributed by atoms with van der Waals surface area (Å²) >= 11 is 3.47. The summed E-state index contributed by atoms with van der Waals surface area (Å²) in [7, 11) is 0. The number of hydrogen-bond acceptors (Lipinski definition) is 4. The second-order valence-electron chi connectivity index (χ2n) is 4.74. The number of aromatic nitrogens is 4. The van der Waals surface area contributed by atoms with Crippen LogP contribution in [-0.2, 0) is 13.0 Å². The van der Waals surface area contributed by atoms with Crippen LogP contribution in [0.15, 0.2) is 16.7 Å². The van der Waals surface area contributed by atoms with E-state index in [1.165, 1.54) is 0 Å². The van der Waals surface area contributed by atoms with Crippen molar-refractivity contribution in [2.75, 3.05) is 0 Å². The van der Waals surface area contributed by atoms with Crippen LogP contribution >= 0.6 is 15.9 Å². The van der Waals surface area contributed by atoms with Crippen LogP contribution in [0.5, 0.6) is 0 Å². The maximum absolute atomic E-state index is 10.7. The standard InChI is InChI=1S/C14H19BrN4O/c1-4-6-19-13(11(15)8-16-19)14(20)10-7-9(3)17-18-12(10)5-2/h7-8,14,20H,4-6H2,1-3H3. The van der Waals surface area contributed by atoms with E-state index >= 15 is 0 Å². The molecule has 0 aromatic carbocycles. The molecule has 0 aliphatic heterocycles. The van der Waals surface area contributed by atoms with Crippen molar-refractivity contribution in [1.82, 2.24) is 20.0 Å². The van der Waals surface area contributed by atoms with E-state index < -0.39 is 6.10 Å². The molecular weight excluding hydrogens is 320 g/mol. The summed E-state index contributed by atoms with van der Waals surface area (Å²) < 4.78 is 2.65. The van der Waals surface area contributed by atoms with Crippen LogP contribution in [0, 0.1) is 6.92 Å². The topological polar surface area (TPSA) is 63.8 Å². The summed E-state index contributed by atoms with van der Waals surface area (Å²) in [5.41, 5.74) is 3.20. The van der Waals surface area contributed by atoms with Crippen molar-refractivity contribution in [1.29, 1.82) is 0 Å². The van der Waals surface area contributed by atoms with Crippen molar-refractivity contribution in [2.45, 2.75) is 46.3 Å². The largest absolute Gasteiger partial charge is 0.382 e. The van der Waals surface area contributed by atoms with E-state index in [1.54, 1.807) is 6.20 Å². The molecule has 2 aromatic rings. The molecule has 0 aliphatic rings. The van der Waals surface area contributed by atoms with E-state index in [2.05, 4.69) is 38.1 Å². The predicted octanol–water partition coefficient (Wildman–Crippen LogP) is 2.80. The third kappa shape index (κ3) is 2.91. The van der Waals surface area contributed by atoms with Crippen molar-refractivity contribution < 1.29 is 5.11 Å². The summed E-state index contributed by atoms with van der Waals surface area (Å²) in [6.45, 7) is 6.74. The molecular formula is C14H19BrN4O. The lowest BCUT2D eigenvalue weighted by atomic mass is 10.0. The molecule has 1 unspecified atom stereocenters. The third-order valence-corrected chi connectivity index (χ3v) is 3.79. The molecule has 1 atom stereocenters. The SMILES string of the molecule is CCCn1ncc(Br)c1C(O)c1cc(C)nnc1CC. The summed E-state index contributed by atoms with van der Waals surface area (Å²) in [5, 5.41) is 23.3. The zero-order chi connectivity index (χ0) is 14.7. The molecule has 0 fully saturated rings. The van der Waals surface area contributed by atoms with Gasteiger partial charge in [0.25, 0.3) is 0 Å². The monoisotopic (exact) mass is 338 g/mol. The fourth-order valence-corrected chi connectivity index (χ4v) is 2.74. The van der Waals surface area contributed by atoms with Crippen LogP contribution in [0.1, 0.15) is 49.0 Å².